The van der Waals surface area contributed by atoms with E-state index in [1.54, 1.807) is 0 Å². The maximum absolute atomic E-state index is 12.0. The largest absolute Gasteiger partial charge is 0.354 e. The topological polar surface area (TPSA) is 75.4 Å². The lowest BCUT2D eigenvalue weighted by Gasteiger charge is -2.22. The van der Waals surface area contributed by atoms with Crippen molar-refractivity contribution in [2.45, 2.75) is 51.0 Å². The second kappa shape index (κ2) is 6.59. The van der Waals surface area contributed by atoms with Crippen LogP contribution in [0.15, 0.2) is 11.6 Å². The Balaban J connectivity index is 1.74. The van der Waals surface area contributed by atoms with Crippen LogP contribution in [0.3, 0.4) is 0 Å². The van der Waals surface area contributed by atoms with E-state index in [1.165, 1.54) is 29.7 Å². The minimum absolute atomic E-state index is 0.0623. The number of urea groups is 1. The summed E-state index contributed by atoms with van der Waals surface area (Å²) in [6.07, 6.45) is 9.66. The summed E-state index contributed by atoms with van der Waals surface area (Å²) < 4.78 is 0. The number of nitrogens with one attached hydrogen (secondary N) is 1. The Hall–Kier alpha value is -1.52. The molecule has 1 saturated heterocycles. The number of allylic oxidation sites excluding steroid dienone is 1. The quantitative estimate of drug-likeness (QED) is 0.756. The molecule has 106 valence electrons. The molecule has 0 radical (unpaired) electrons. The van der Waals surface area contributed by atoms with Crippen LogP contribution in [0.4, 0.5) is 4.79 Å². The summed E-state index contributed by atoms with van der Waals surface area (Å²) in [5.74, 6) is -0.0623. The molecule has 0 bridgehead atoms. The van der Waals surface area contributed by atoms with Crippen molar-refractivity contribution in [1.29, 1.82) is 0 Å². The lowest BCUT2D eigenvalue weighted by atomic mass is 9.97. The van der Waals surface area contributed by atoms with Crippen LogP contribution in [0.1, 0.15) is 44.9 Å². The molecule has 1 atom stereocenters. The number of nitrogens with zero attached hydrogens (tertiary/aromatic N) is 1. The Kier molecular flexibility index (Phi) is 4.82. The van der Waals surface area contributed by atoms with Crippen molar-refractivity contribution in [1.82, 2.24) is 10.2 Å². The second-order valence-corrected chi connectivity index (χ2v) is 5.34. The summed E-state index contributed by atoms with van der Waals surface area (Å²) in [6, 6.07) is -0.856. The molecule has 0 aromatic rings. The number of rotatable bonds is 4. The van der Waals surface area contributed by atoms with Gasteiger partial charge in [-0.3, -0.25) is 4.79 Å². The van der Waals surface area contributed by atoms with Crippen LogP contribution < -0.4 is 11.1 Å². The zero-order valence-electron chi connectivity index (χ0n) is 11.4. The van der Waals surface area contributed by atoms with Gasteiger partial charge in [-0.2, -0.15) is 0 Å². The van der Waals surface area contributed by atoms with E-state index < -0.39 is 6.03 Å². The first kappa shape index (κ1) is 13.9. The van der Waals surface area contributed by atoms with Gasteiger partial charge in [0, 0.05) is 13.1 Å². The highest BCUT2D eigenvalue weighted by molar-refractivity contribution is 5.87. The molecule has 0 aromatic heterocycles. The van der Waals surface area contributed by atoms with Gasteiger partial charge in [0.2, 0.25) is 5.91 Å². The monoisotopic (exact) mass is 265 g/mol. The lowest BCUT2D eigenvalue weighted by Crippen LogP contribution is -2.48. The highest BCUT2D eigenvalue weighted by Gasteiger charge is 2.32. The predicted molar refractivity (Wildman–Crippen MR) is 73.5 cm³/mol. The van der Waals surface area contributed by atoms with E-state index in [-0.39, 0.29) is 11.9 Å². The number of amides is 3. The second-order valence-electron chi connectivity index (χ2n) is 5.34. The van der Waals surface area contributed by atoms with Gasteiger partial charge in [0.05, 0.1) is 0 Å². The number of nitrogens with two attached hydrogens (primary N) is 1. The third-order valence-corrected chi connectivity index (χ3v) is 3.97. The Bertz CT molecular complexity index is 379. The van der Waals surface area contributed by atoms with Crippen molar-refractivity contribution >= 4 is 11.9 Å². The first-order valence-corrected chi connectivity index (χ1v) is 7.20. The van der Waals surface area contributed by atoms with E-state index in [1.807, 2.05) is 0 Å². The number of likely N-dealkylation sites (tertiary alicyclic amines) is 1. The molecular weight excluding hydrogens is 242 g/mol. The average molecular weight is 265 g/mol. The highest BCUT2D eigenvalue weighted by Crippen LogP contribution is 2.20. The molecule has 1 heterocycles. The molecule has 2 rings (SSSR count). The molecule has 2 aliphatic rings. The molecule has 0 spiro atoms. The molecule has 3 N–H and O–H groups in total. The molecular formula is C14H23N3O2. The molecule has 5 heteroatoms. The fraction of sp³-hybridized carbons (Fsp3) is 0.714. The average Bonchev–Trinajstić information content (AvgIpc) is 2.89. The summed E-state index contributed by atoms with van der Waals surface area (Å²) in [7, 11) is 0. The smallest absolute Gasteiger partial charge is 0.315 e. The minimum Gasteiger partial charge on any atom is -0.354 e. The Morgan fingerprint density at radius 2 is 2.21 bits per heavy atom. The number of hydrogen-bond donors (Lipinski definition) is 2. The Morgan fingerprint density at radius 1 is 1.37 bits per heavy atom. The van der Waals surface area contributed by atoms with Crippen LogP contribution >= 0.6 is 0 Å². The van der Waals surface area contributed by atoms with E-state index in [9.17, 15) is 9.59 Å². The first-order chi connectivity index (χ1) is 9.18. The zero-order chi connectivity index (χ0) is 13.7. The molecule has 1 fully saturated rings. The third kappa shape index (κ3) is 3.72. The molecule has 1 aliphatic heterocycles. The van der Waals surface area contributed by atoms with Gasteiger partial charge >= 0.3 is 6.03 Å². The summed E-state index contributed by atoms with van der Waals surface area (Å²) in [6.45, 7) is 1.26. The third-order valence-electron chi connectivity index (χ3n) is 3.97. The maximum atomic E-state index is 12.0. The van der Waals surface area contributed by atoms with Gasteiger partial charge in [0.25, 0.3) is 0 Å². The van der Waals surface area contributed by atoms with E-state index in [0.717, 1.165) is 25.7 Å². The van der Waals surface area contributed by atoms with Gasteiger partial charge < -0.3 is 16.0 Å². The SMILES string of the molecule is NC(=O)N1CCC[C@@H]1C(=O)NCCC1=CCCCC1. The van der Waals surface area contributed by atoms with Gasteiger partial charge in [0.1, 0.15) is 6.04 Å². The molecule has 0 aromatic carbocycles. The van der Waals surface area contributed by atoms with Gasteiger partial charge in [-0.05, 0) is 44.9 Å². The van der Waals surface area contributed by atoms with Crippen LogP contribution in [0, 0.1) is 0 Å². The van der Waals surface area contributed by atoms with Gasteiger partial charge in [-0.15, -0.1) is 0 Å². The van der Waals surface area contributed by atoms with E-state index in [4.69, 9.17) is 5.73 Å². The van der Waals surface area contributed by atoms with Crippen LogP contribution in [0.2, 0.25) is 0 Å². The van der Waals surface area contributed by atoms with E-state index >= 15 is 0 Å². The van der Waals surface area contributed by atoms with Crippen LogP contribution in [-0.2, 0) is 4.79 Å². The van der Waals surface area contributed by atoms with Crippen molar-refractivity contribution in [2.75, 3.05) is 13.1 Å². The van der Waals surface area contributed by atoms with Gasteiger partial charge in [-0.1, -0.05) is 11.6 Å². The number of carbonyl (C=O) groups excluding carboxylic acids is 2. The van der Waals surface area contributed by atoms with Gasteiger partial charge in [-0.25, -0.2) is 4.79 Å². The predicted octanol–water partition coefficient (Wildman–Crippen LogP) is 1.54. The molecule has 0 saturated carbocycles. The van der Waals surface area contributed by atoms with E-state index in [2.05, 4.69) is 11.4 Å². The maximum Gasteiger partial charge on any atom is 0.315 e. The molecule has 1 aliphatic carbocycles. The van der Waals surface area contributed by atoms with Crippen molar-refractivity contribution in [3.05, 3.63) is 11.6 Å². The molecule has 3 amide bonds. The van der Waals surface area contributed by atoms with Crippen LogP contribution in [0.5, 0.6) is 0 Å². The Labute approximate surface area is 114 Å². The fourth-order valence-electron chi connectivity index (χ4n) is 2.90. The summed E-state index contributed by atoms with van der Waals surface area (Å²) in [5.41, 5.74) is 6.72. The van der Waals surface area contributed by atoms with Crippen LogP contribution in [-0.4, -0.2) is 36.0 Å². The van der Waals surface area contributed by atoms with E-state index in [0.29, 0.717) is 13.1 Å². The normalized spacial score (nSPS) is 23.1. The molecule has 19 heavy (non-hydrogen) atoms. The lowest BCUT2D eigenvalue weighted by molar-refractivity contribution is -0.124. The number of primary amides is 1. The fourth-order valence-corrected chi connectivity index (χ4v) is 2.90. The Morgan fingerprint density at radius 3 is 2.89 bits per heavy atom. The summed E-state index contributed by atoms with van der Waals surface area (Å²) in [4.78, 5) is 24.7. The van der Waals surface area contributed by atoms with Crippen molar-refractivity contribution in [3.8, 4) is 0 Å². The standard InChI is InChI=1S/C14H23N3O2/c15-14(19)17-10-4-7-12(17)13(18)16-9-8-11-5-2-1-3-6-11/h5,12H,1-4,6-10H2,(H2,15,19)(H,16,18)/t12-/m1/s1. The van der Waals surface area contributed by atoms with Crippen molar-refractivity contribution in [3.63, 3.8) is 0 Å². The number of hydrogen-bond acceptors (Lipinski definition) is 2. The van der Waals surface area contributed by atoms with Gasteiger partial charge in [0.15, 0.2) is 0 Å². The highest BCUT2D eigenvalue weighted by atomic mass is 16.2. The van der Waals surface area contributed by atoms with Crippen LogP contribution in [0.25, 0.3) is 0 Å². The van der Waals surface area contributed by atoms with Crippen molar-refractivity contribution in [2.24, 2.45) is 5.73 Å². The first-order valence-electron chi connectivity index (χ1n) is 7.20. The minimum atomic E-state index is -0.493. The zero-order valence-corrected chi connectivity index (χ0v) is 11.4. The number of carbonyl (C=O) groups is 2. The van der Waals surface area contributed by atoms with Crippen molar-refractivity contribution < 1.29 is 9.59 Å². The summed E-state index contributed by atoms with van der Waals surface area (Å²) >= 11 is 0. The molecule has 5 nitrogen and oxygen atoms in total. The summed E-state index contributed by atoms with van der Waals surface area (Å²) in [5, 5.41) is 2.93. The molecule has 0 unspecified atom stereocenters.